The average Bonchev–Trinajstić information content (AvgIpc) is 2.77. The Bertz CT molecular complexity index is 758. The molecule has 7 heteroatoms. The third-order valence-electron chi connectivity index (χ3n) is 4.95. The van der Waals surface area contributed by atoms with E-state index in [1.165, 1.54) is 12.8 Å². The number of carbonyl (C=O) groups excluding carboxylic acids is 1. The second-order valence-electron chi connectivity index (χ2n) is 6.88. The van der Waals surface area contributed by atoms with Crippen LogP contribution in [0.4, 0.5) is 11.6 Å². The van der Waals surface area contributed by atoms with E-state index in [9.17, 15) is 4.79 Å². The number of unbranched alkanes of at least 4 members (excludes halogenated alkanes) is 2. The molecule has 0 bridgehead atoms. The number of rotatable bonds is 8. The number of benzene rings is 1. The monoisotopic (exact) mass is 383 g/mol. The molecular weight excluding hydrogens is 354 g/mol. The Kier molecular flexibility index (Phi) is 7.06. The van der Waals surface area contributed by atoms with Crippen LogP contribution >= 0.6 is 0 Å². The van der Waals surface area contributed by atoms with Gasteiger partial charge in [0.15, 0.2) is 0 Å². The van der Waals surface area contributed by atoms with E-state index in [-0.39, 0.29) is 5.91 Å². The summed E-state index contributed by atoms with van der Waals surface area (Å²) in [6.07, 6.45) is 6.69. The molecule has 1 amide bonds. The van der Waals surface area contributed by atoms with E-state index in [2.05, 4.69) is 33.2 Å². The molecule has 150 valence electrons. The highest BCUT2D eigenvalue weighted by Crippen LogP contribution is 2.28. The zero-order valence-electron chi connectivity index (χ0n) is 16.7. The van der Waals surface area contributed by atoms with Gasteiger partial charge in [-0.05, 0) is 18.6 Å². The van der Waals surface area contributed by atoms with Crippen molar-refractivity contribution in [2.45, 2.75) is 26.2 Å². The number of nitrogens with one attached hydrogen (secondary N) is 1. The second kappa shape index (κ2) is 9.92. The van der Waals surface area contributed by atoms with Gasteiger partial charge >= 0.3 is 0 Å². The van der Waals surface area contributed by atoms with Gasteiger partial charge in [-0.1, -0.05) is 31.9 Å². The Morgan fingerprint density at radius 2 is 1.82 bits per heavy atom. The maximum absolute atomic E-state index is 12.8. The molecule has 0 unspecified atom stereocenters. The summed E-state index contributed by atoms with van der Waals surface area (Å²) in [5.41, 5.74) is 1.60. The van der Waals surface area contributed by atoms with Gasteiger partial charge in [0.1, 0.15) is 5.75 Å². The van der Waals surface area contributed by atoms with Gasteiger partial charge in [0.25, 0.3) is 5.91 Å². The number of ether oxygens (including phenoxy) is 1. The number of anilines is 2. The van der Waals surface area contributed by atoms with Crippen molar-refractivity contribution >= 4 is 17.5 Å². The maximum Gasteiger partial charge on any atom is 0.257 e. The molecule has 1 aromatic heterocycles. The molecule has 2 aromatic rings. The van der Waals surface area contributed by atoms with Crippen molar-refractivity contribution in [3.05, 3.63) is 42.2 Å². The minimum absolute atomic E-state index is 0.0165. The zero-order chi connectivity index (χ0) is 19.8. The molecule has 1 aliphatic heterocycles. The molecule has 0 radical (unpaired) electrons. The Balaban J connectivity index is 1.53. The van der Waals surface area contributed by atoms with Crippen LogP contribution in [-0.2, 0) is 0 Å². The van der Waals surface area contributed by atoms with Crippen LogP contribution in [0.15, 0.2) is 36.7 Å². The van der Waals surface area contributed by atoms with Gasteiger partial charge in [0, 0.05) is 45.1 Å². The Hall–Kier alpha value is -2.83. The van der Waals surface area contributed by atoms with Crippen molar-refractivity contribution in [1.82, 2.24) is 14.9 Å². The van der Waals surface area contributed by atoms with E-state index in [1.54, 1.807) is 19.5 Å². The second-order valence-corrected chi connectivity index (χ2v) is 6.88. The highest BCUT2D eigenvalue weighted by Gasteiger charge is 2.24. The minimum atomic E-state index is -0.0165. The van der Waals surface area contributed by atoms with Crippen LogP contribution in [-0.4, -0.2) is 60.6 Å². The molecule has 1 aliphatic rings. The molecule has 1 N–H and O–H groups in total. The van der Waals surface area contributed by atoms with Crippen LogP contribution in [0.2, 0.25) is 0 Å². The number of hydrogen-bond acceptors (Lipinski definition) is 6. The molecule has 3 rings (SSSR count). The first-order valence-electron chi connectivity index (χ1n) is 9.96. The molecule has 1 aromatic carbocycles. The van der Waals surface area contributed by atoms with Crippen LogP contribution in [0, 0.1) is 0 Å². The third kappa shape index (κ3) is 4.91. The van der Waals surface area contributed by atoms with Crippen LogP contribution in [0.5, 0.6) is 5.75 Å². The number of amides is 1. The summed E-state index contributed by atoms with van der Waals surface area (Å²) in [7, 11) is 1.68. The van der Waals surface area contributed by atoms with Gasteiger partial charge in [-0.25, -0.2) is 9.97 Å². The molecule has 28 heavy (non-hydrogen) atoms. The summed E-state index contributed by atoms with van der Waals surface area (Å²) >= 11 is 0. The summed E-state index contributed by atoms with van der Waals surface area (Å²) in [5.74, 6) is 1.42. The SMILES string of the molecule is CCCCCNc1ncc(C(=O)N2CCN(c3ccccc3OC)CC2)cn1. The zero-order valence-corrected chi connectivity index (χ0v) is 16.7. The molecule has 0 aliphatic carbocycles. The van der Waals surface area contributed by atoms with Crippen LogP contribution < -0.4 is 15.0 Å². The summed E-state index contributed by atoms with van der Waals surface area (Å²) in [6, 6.07) is 7.98. The fourth-order valence-electron chi connectivity index (χ4n) is 3.33. The molecule has 1 saturated heterocycles. The van der Waals surface area contributed by atoms with Crippen LogP contribution in [0.25, 0.3) is 0 Å². The number of hydrogen-bond donors (Lipinski definition) is 1. The van der Waals surface area contributed by atoms with E-state index in [4.69, 9.17) is 4.74 Å². The smallest absolute Gasteiger partial charge is 0.257 e. The average molecular weight is 383 g/mol. The number of piperazine rings is 1. The van der Waals surface area contributed by atoms with Gasteiger partial charge in [-0.2, -0.15) is 0 Å². The van der Waals surface area contributed by atoms with Crippen LogP contribution in [0.1, 0.15) is 36.5 Å². The summed E-state index contributed by atoms with van der Waals surface area (Å²) in [5, 5.41) is 3.19. The number of methoxy groups -OCH3 is 1. The summed E-state index contributed by atoms with van der Waals surface area (Å²) in [6.45, 7) is 5.88. The van der Waals surface area contributed by atoms with E-state index in [0.29, 0.717) is 24.6 Å². The van der Waals surface area contributed by atoms with Crippen molar-refractivity contribution < 1.29 is 9.53 Å². The largest absolute Gasteiger partial charge is 0.495 e. The molecule has 0 saturated carbocycles. The molecule has 0 spiro atoms. The highest BCUT2D eigenvalue weighted by atomic mass is 16.5. The lowest BCUT2D eigenvalue weighted by Crippen LogP contribution is -2.48. The van der Waals surface area contributed by atoms with Crippen molar-refractivity contribution in [3.8, 4) is 5.75 Å². The lowest BCUT2D eigenvalue weighted by atomic mass is 10.2. The summed E-state index contributed by atoms with van der Waals surface area (Å²) in [4.78, 5) is 25.4. The Morgan fingerprint density at radius 3 is 2.50 bits per heavy atom. The lowest BCUT2D eigenvalue weighted by Gasteiger charge is -2.36. The summed E-state index contributed by atoms with van der Waals surface area (Å²) < 4.78 is 5.45. The molecule has 1 fully saturated rings. The van der Waals surface area contributed by atoms with Crippen molar-refractivity contribution in [3.63, 3.8) is 0 Å². The first kappa shape index (κ1) is 19.9. The number of para-hydroxylation sites is 2. The normalized spacial score (nSPS) is 14.1. The predicted molar refractivity (Wildman–Crippen MR) is 111 cm³/mol. The third-order valence-corrected chi connectivity index (χ3v) is 4.95. The van der Waals surface area contributed by atoms with E-state index in [1.807, 2.05) is 23.1 Å². The first-order chi connectivity index (χ1) is 13.7. The standard InChI is InChI=1S/C21H29N5O2/c1-3-4-7-10-22-21-23-15-17(16-24-21)20(27)26-13-11-25(12-14-26)18-8-5-6-9-19(18)28-2/h5-6,8-9,15-16H,3-4,7,10-14H2,1-2H3,(H,22,23,24). The Labute approximate surface area is 166 Å². The van der Waals surface area contributed by atoms with E-state index >= 15 is 0 Å². The van der Waals surface area contributed by atoms with Crippen molar-refractivity contribution in [2.75, 3.05) is 50.1 Å². The van der Waals surface area contributed by atoms with Crippen LogP contribution in [0.3, 0.4) is 0 Å². The van der Waals surface area contributed by atoms with Gasteiger partial charge in [0.2, 0.25) is 5.95 Å². The van der Waals surface area contributed by atoms with Gasteiger partial charge in [0.05, 0.1) is 18.4 Å². The Morgan fingerprint density at radius 1 is 1.11 bits per heavy atom. The fourth-order valence-corrected chi connectivity index (χ4v) is 3.33. The fraction of sp³-hybridized carbons (Fsp3) is 0.476. The maximum atomic E-state index is 12.8. The minimum Gasteiger partial charge on any atom is -0.495 e. The highest BCUT2D eigenvalue weighted by molar-refractivity contribution is 5.93. The molecule has 2 heterocycles. The van der Waals surface area contributed by atoms with Gasteiger partial charge < -0.3 is 19.9 Å². The van der Waals surface area contributed by atoms with Crippen molar-refractivity contribution in [2.24, 2.45) is 0 Å². The first-order valence-corrected chi connectivity index (χ1v) is 9.96. The number of nitrogens with zero attached hydrogens (tertiary/aromatic N) is 4. The van der Waals surface area contributed by atoms with Crippen molar-refractivity contribution in [1.29, 1.82) is 0 Å². The molecular formula is C21H29N5O2. The molecule has 0 atom stereocenters. The predicted octanol–water partition coefficient (Wildman–Crippen LogP) is 3.05. The number of aromatic nitrogens is 2. The molecule has 7 nitrogen and oxygen atoms in total. The van der Waals surface area contributed by atoms with Gasteiger partial charge in [-0.15, -0.1) is 0 Å². The van der Waals surface area contributed by atoms with E-state index in [0.717, 1.165) is 37.5 Å². The topological polar surface area (TPSA) is 70.6 Å². The van der Waals surface area contributed by atoms with Gasteiger partial charge in [-0.3, -0.25) is 4.79 Å². The van der Waals surface area contributed by atoms with E-state index < -0.39 is 0 Å². The lowest BCUT2D eigenvalue weighted by molar-refractivity contribution is 0.0746. The number of carbonyl (C=O) groups is 1. The quantitative estimate of drug-likeness (QED) is 0.707.